The Labute approximate surface area is 114 Å². The molecule has 19 heavy (non-hydrogen) atoms. The molecule has 4 heteroatoms. The molecular weight excluding hydrogens is 244 g/mol. The molecule has 0 N–H and O–H groups in total. The third-order valence-electron chi connectivity index (χ3n) is 4.56. The smallest absolute Gasteiger partial charge is 0.303 e. The van der Waals surface area contributed by atoms with Gasteiger partial charge in [0.1, 0.15) is 6.10 Å². The summed E-state index contributed by atoms with van der Waals surface area (Å²) in [6.45, 7) is 7.72. The molecule has 0 aliphatic heterocycles. The van der Waals surface area contributed by atoms with E-state index in [1.165, 1.54) is 19.4 Å². The number of carbonyl (C=O) groups excluding carboxylic acids is 2. The third kappa shape index (κ3) is 2.67. The summed E-state index contributed by atoms with van der Waals surface area (Å²) in [6, 6.07) is 0. The fraction of sp³-hybridized carbons (Fsp3) is 0.733. The Balaban J connectivity index is 2.06. The van der Waals surface area contributed by atoms with Crippen molar-refractivity contribution >= 4 is 11.9 Å². The Kier molecular flexibility index (Phi) is 3.70. The molecule has 4 nitrogen and oxygen atoms in total. The van der Waals surface area contributed by atoms with E-state index in [-0.39, 0.29) is 23.5 Å². The maximum absolute atomic E-state index is 11.2. The van der Waals surface area contributed by atoms with Gasteiger partial charge in [-0.25, -0.2) is 0 Å². The maximum atomic E-state index is 11.2. The zero-order valence-electron chi connectivity index (χ0n) is 12.1. The summed E-state index contributed by atoms with van der Waals surface area (Å²) in [7, 11) is 0. The standard InChI is InChI=1S/C15H22O4/c1-9(16)18-6-5-11-7-14(19-10(2)17)13-8-12(11)15(13,3)4/h7,12-14H,5-6,8H2,1-4H3/t12-,13+,14+/m0/s1. The minimum absolute atomic E-state index is 0.121. The van der Waals surface area contributed by atoms with Gasteiger partial charge in [0.2, 0.25) is 0 Å². The van der Waals surface area contributed by atoms with Crippen LogP contribution < -0.4 is 0 Å². The van der Waals surface area contributed by atoms with Gasteiger partial charge in [0, 0.05) is 26.2 Å². The van der Waals surface area contributed by atoms with Crippen molar-refractivity contribution in [3.8, 4) is 0 Å². The second-order valence-electron chi connectivity index (χ2n) is 6.12. The fourth-order valence-electron chi connectivity index (χ4n) is 3.47. The molecule has 0 aromatic carbocycles. The maximum Gasteiger partial charge on any atom is 0.303 e. The molecule has 0 unspecified atom stereocenters. The van der Waals surface area contributed by atoms with Crippen LogP contribution >= 0.6 is 0 Å². The first-order chi connectivity index (χ1) is 8.82. The van der Waals surface area contributed by atoms with Crippen LogP contribution in [-0.2, 0) is 19.1 Å². The fourth-order valence-corrected chi connectivity index (χ4v) is 3.47. The molecule has 3 aliphatic carbocycles. The average Bonchev–Trinajstić information content (AvgIpc) is 2.26. The average molecular weight is 266 g/mol. The summed E-state index contributed by atoms with van der Waals surface area (Å²) in [6.07, 6.45) is 3.74. The van der Waals surface area contributed by atoms with Crippen LogP contribution in [-0.4, -0.2) is 24.6 Å². The van der Waals surface area contributed by atoms with Crippen LogP contribution in [0.3, 0.4) is 0 Å². The zero-order valence-corrected chi connectivity index (χ0v) is 12.1. The van der Waals surface area contributed by atoms with Crippen molar-refractivity contribution in [3.05, 3.63) is 11.6 Å². The lowest BCUT2D eigenvalue weighted by Crippen LogP contribution is -2.55. The molecule has 0 aromatic heterocycles. The van der Waals surface area contributed by atoms with Gasteiger partial charge >= 0.3 is 11.9 Å². The highest BCUT2D eigenvalue weighted by Crippen LogP contribution is 2.60. The van der Waals surface area contributed by atoms with Gasteiger partial charge in [0.05, 0.1) is 6.61 Å². The van der Waals surface area contributed by atoms with E-state index in [4.69, 9.17) is 9.47 Å². The zero-order chi connectivity index (χ0) is 14.2. The Morgan fingerprint density at radius 3 is 2.53 bits per heavy atom. The van der Waals surface area contributed by atoms with Crippen LogP contribution in [0.4, 0.5) is 0 Å². The van der Waals surface area contributed by atoms with Gasteiger partial charge in [-0.2, -0.15) is 0 Å². The summed E-state index contributed by atoms with van der Waals surface area (Å²) in [5, 5.41) is 0. The number of hydrogen-bond acceptors (Lipinski definition) is 4. The molecule has 3 rings (SSSR count). The first kappa shape index (κ1) is 14.1. The number of rotatable bonds is 4. The lowest BCUT2D eigenvalue weighted by molar-refractivity contribution is -0.158. The summed E-state index contributed by atoms with van der Waals surface area (Å²) in [5.74, 6) is 0.458. The SMILES string of the molecule is CC(=O)OCCC1=C[C@@H](OC(C)=O)[C@H]2C[C@@H]1C2(C)C. The van der Waals surface area contributed by atoms with E-state index in [2.05, 4.69) is 19.9 Å². The van der Waals surface area contributed by atoms with Crippen molar-refractivity contribution in [3.63, 3.8) is 0 Å². The molecule has 3 aliphatic rings. The Bertz CT molecular complexity index is 422. The molecule has 0 radical (unpaired) electrons. The molecule has 2 bridgehead atoms. The van der Waals surface area contributed by atoms with Crippen molar-refractivity contribution < 1.29 is 19.1 Å². The van der Waals surface area contributed by atoms with Gasteiger partial charge in [-0.3, -0.25) is 9.59 Å². The van der Waals surface area contributed by atoms with Crippen molar-refractivity contribution in [1.29, 1.82) is 0 Å². The number of esters is 2. The molecule has 0 amide bonds. The van der Waals surface area contributed by atoms with Crippen molar-refractivity contribution in [2.24, 2.45) is 17.3 Å². The van der Waals surface area contributed by atoms with E-state index in [1.807, 2.05) is 0 Å². The molecule has 0 saturated heterocycles. The van der Waals surface area contributed by atoms with Gasteiger partial charge in [-0.15, -0.1) is 0 Å². The quantitative estimate of drug-likeness (QED) is 0.579. The van der Waals surface area contributed by atoms with Crippen LogP contribution in [0.15, 0.2) is 11.6 Å². The second-order valence-corrected chi connectivity index (χ2v) is 6.12. The highest BCUT2D eigenvalue weighted by molar-refractivity contribution is 5.66. The van der Waals surface area contributed by atoms with Crippen molar-refractivity contribution in [2.75, 3.05) is 6.61 Å². The highest BCUT2D eigenvalue weighted by Gasteiger charge is 2.56. The van der Waals surface area contributed by atoms with Gasteiger partial charge in [-0.1, -0.05) is 19.4 Å². The molecule has 0 heterocycles. The van der Waals surface area contributed by atoms with Crippen molar-refractivity contribution in [1.82, 2.24) is 0 Å². The van der Waals surface area contributed by atoms with Crippen molar-refractivity contribution in [2.45, 2.75) is 46.6 Å². The summed E-state index contributed by atoms with van der Waals surface area (Å²) in [4.78, 5) is 22.0. The molecule has 0 spiro atoms. The van der Waals surface area contributed by atoms with E-state index in [9.17, 15) is 9.59 Å². The topological polar surface area (TPSA) is 52.6 Å². The van der Waals surface area contributed by atoms with Crippen LogP contribution in [0.1, 0.15) is 40.5 Å². The lowest BCUT2D eigenvalue weighted by atomic mass is 9.47. The van der Waals surface area contributed by atoms with Crippen LogP contribution in [0.2, 0.25) is 0 Å². The van der Waals surface area contributed by atoms with Crippen LogP contribution in [0.25, 0.3) is 0 Å². The third-order valence-corrected chi connectivity index (χ3v) is 4.56. The Morgan fingerprint density at radius 1 is 1.32 bits per heavy atom. The molecule has 0 aromatic rings. The largest absolute Gasteiger partial charge is 0.466 e. The summed E-state index contributed by atoms with van der Waals surface area (Å²) in [5.41, 5.74) is 1.43. The summed E-state index contributed by atoms with van der Waals surface area (Å²) >= 11 is 0. The van der Waals surface area contributed by atoms with Gasteiger partial charge in [0.15, 0.2) is 0 Å². The van der Waals surface area contributed by atoms with Gasteiger partial charge < -0.3 is 9.47 Å². The molecule has 106 valence electrons. The minimum Gasteiger partial charge on any atom is -0.466 e. The van der Waals surface area contributed by atoms with Gasteiger partial charge in [-0.05, 0) is 23.8 Å². The van der Waals surface area contributed by atoms with E-state index < -0.39 is 0 Å². The monoisotopic (exact) mass is 266 g/mol. The van der Waals surface area contributed by atoms with Gasteiger partial charge in [0.25, 0.3) is 0 Å². The first-order valence-corrected chi connectivity index (χ1v) is 6.83. The molecule has 1 fully saturated rings. The van der Waals surface area contributed by atoms with E-state index in [0.29, 0.717) is 18.4 Å². The molecule has 1 saturated carbocycles. The van der Waals surface area contributed by atoms with E-state index >= 15 is 0 Å². The highest BCUT2D eigenvalue weighted by atomic mass is 16.5. The van der Waals surface area contributed by atoms with E-state index in [0.717, 1.165) is 12.8 Å². The molecular formula is C15H22O4. The number of hydrogen-bond donors (Lipinski definition) is 0. The predicted octanol–water partition coefficient (Wildman–Crippen LogP) is 2.47. The lowest BCUT2D eigenvalue weighted by Gasteiger charge is -2.58. The Hall–Kier alpha value is -1.32. The van der Waals surface area contributed by atoms with E-state index in [1.54, 1.807) is 0 Å². The van der Waals surface area contributed by atoms with Crippen LogP contribution in [0, 0.1) is 17.3 Å². The van der Waals surface area contributed by atoms with Crippen LogP contribution in [0.5, 0.6) is 0 Å². The number of ether oxygens (including phenoxy) is 2. The Morgan fingerprint density at radius 2 is 2.00 bits per heavy atom. The normalized spacial score (nSPS) is 30.9. The first-order valence-electron chi connectivity index (χ1n) is 6.83. The second kappa shape index (κ2) is 4.99. The molecule has 3 atom stereocenters. The number of fused-ring (bicyclic) bond motifs is 1. The summed E-state index contributed by atoms with van der Waals surface area (Å²) < 4.78 is 10.4. The predicted molar refractivity (Wildman–Crippen MR) is 70.3 cm³/mol. The number of carbonyl (C=O) groups is 2. The minimum atomic E-state index is -0.251.